The Morgan fingerprint density at radius 2 is 2.53 bits per heavy atom. The number of nitrogens with zero attached hydrogens (tertiary/aromatic N) is 2. The first-order valence-electron chi connectivity index (χ1n) is 5.37. The Kier molecular flexibility index (Phi) is 3.47. The summed E-state index contributed by atoms with van der Waals surface area (Å²) in [6.07, 6.45) is -0.296. The zero-order valence-corrected chi connectivity index (χ0v) is 9.70. The highest BCUT2D eigenvalue weighted by molar-refractivity contribution is 5.97. The van der Waals surface area contributed by atoms with Crippen LogP contribution in [0.15, 0.2) is 18.5 Å². The number of anilines is 1. The lowest BCUT2D eigenvalue weighted by Gasteiger charge is -2.26. The number of pyridine rings is 1. The number of carbonyl (C=O) groups excluding carboxylic acids is 2. The highest BCUT2D eigenvalue weighted by atomic mass is 16.6. The molecule has 0 radical (unpaired) electrons. The third kappa shape index (κ3) is 2.90. The van der Waals surface area contributed by atoms with E-state index in [2.05, 4.69) is 15.0 Å². The maximum absolute atomic E-state index is 11.7. The number of ether oxygens (including phenoxy) is 2. The van der Waals surface area contributed by atoms with Gasteiger partial charge in [0.25, 0.3) is 5.91 Å². The zero-order chi connectivity index (χ0) is 13.8. The molecule has 0 aromatic carbocycles. The summed E-state index contributed by atoms with van der Waals surface area (Å²) in [6.45, 7) is 0. The van der Waals surface area contributed by atoms with Crippen molar-refractivity contribution in [1.29, 1.82) is 5.26 Å². The van der Waals surface area contributed by atoms with E-state index in [0.717, 1.165) is 0 Å². The maximum Gasteiger partial charge on any atom is 0.405 e. The molecule has 98 valence electrons. The number of hydrogen-bond donors (Lipinski definition) is 2. The van der Waals surface area contributed by atoms with Gasteiger partial charge in [0.05, 0.1) is 6.20 Å². The van der Waals surface area contributed by atoms with Gasteiger partial charge < -0.3 is 20.5 Å². The number of rotatable bonds is 3. The summed E-state index contributed by atoms with van der Waals surface area (Å²) >= 11 is 0. The maximum atomic E-state index is 11.7. The normalized spacial score (nSPS) is 18.3. The molecule has 3 N–H and O–H groups in total. The van der Waals surface area contributed by atoms with E-state index in [1.165, 1.54) is 12.4 Å². The second-order valence-corrected chi connectivity index (χ2v) is 3.76. The van der Waals surface area contributed by atoms with Crippen molar-refractivity contribution in [3.8, 4) is 11.8 Å². The molecule has 0 spiro atoms. The van der Waals surface area contributed by atoms with Gasteiger partial charge in [0, 0.05) is 18.7 Å². The van der Waals surface area contributed by atoms with Crippen molar-refractivity contribution in [3.05, 3.63) is 18.5 Å². The Hall–Kier alpha value is -2.82. The van der Waals surface area contributed by atoms with Gasteiger partial charge in [-0.05, 0) is 0 Å². The Balaban J connectivity index is 2.08. The summed E-state index contributed by atoms with van der Waals surface area (Å²) in [4.78, 5) is 26.2. The summed E-state index contributed by atoms with van der Waals surface area (Å²) in [5, 5.41) is 11.4. The third-order valence-corrected chi connectivity index (χ3v) is 2.43. The highest BCUT2D eigenvalue weighted by Gasteiger charge is 2.31. The minimum absolute atomic E-state index is 0.104. The number of carbonyl (C=O) groups is 2. The van der Waals surface area contributed by atoms with E-state index in [0.29, 0.717) is 11.4 Å². The van der Waals surface area contributed by atoms with Crippen LogP contribution in [0.5, 0.6) is 5.75 Å². The van der Waals surface area contributed by atoms with Crippen molar-refractivity contribution in [2.24, 2.45) is 5.73 Å². The van der Waals surface area contributed by atoms with Gasteiger partial charge >= 0.3 is 6.09 Å². The quantitative estimate of drug-likeness (QED) is 0.798. The number of fused-ring (bicyclic) bond motifs is 1. The minimum atomic E-state index is -1.14. The van der Waals surface area contributed by atoms with Crippen LogP contribution < -0.4 is 15.8 Å². The fourth-order valence-corrected chi connectivity index (χ4v) is 1.62. The van der Waals surface area contributed by atoms with Crippen LogP contribution >= 0.6 is 0 Å². The fourth-order valence-electron chi connectivity index (χ4n) is 1.62. The molecule has 2 atom stereocenters. The smallest absolute Gasteiger partial charge is 0.405 e. The Bertz CT molecular complexity index is 554. The van der Waals surface area contributed by atoms with E-state index in [-0.39, 0.29) is 6.42 Å². The van der Waals surface area contributed by atoms with E-state index in [1.807, 2.05) is 0 Å². The van der Waals surface area contributed by atoms with Crippen molar-refractivity contribution in [2.75, 3.05) is 5.32 Å². The standard InChI is InChI=1S/C11H10N4O4/c12-4-6(18-11(13)17)3-9-10(16)15-7-5-14-2-1-8(7)19-9/h1-2,5-6,9H,3H2,(H2,13,17)(H,15,16)/t6-,9-/m0/s1. The first-order chi connectivity index (χ1) is 9.10. The Morgan fingerprint density at radius 3 is 3.21 bits per heavy atom. The predicted molar refractivity (Wildman–Crippen MR) is 62.0 cm³/mol. The molecule has 1 aromatic rings. The lowest BCUT2D eigenvalue weighted by molar-refractivity contribution is -0.124. The zero-order valence-electron chi connectivity index (χ0n) is 9.70. The Labute approximate surface area is 108 Å². The molecule has 0 saturated carbocycles. The summed E-state index contributed by atoms with van der Waals surface area (Å²) in [5.74, 6) is 0.00388. The lowest BCUT2D eigenvalue weighted by atomic mass is 10.1. The van der Waals surface area contributed by atoms with Crippen molar-refractivity contribution in [1.82, 2.24) is 4.98 Å². The molecule has 1 aliphatic rings. The number of nitrogens with one attached hydrogen (secondary N) is 1. The number of nitrogens with two attached hydrogens (primary N) is 1. The van der Waals surface area contributed by atoms with Crippen molar-refractivity contribution >= 4 is 17.7 Å². The number of aromatic nitrogens is 1. The number of nitriles is 1. The van der Waals surface area contributed by atoms with Gasteiger partial charge in [-0.1, -0.05) is 0 Å². The van der Waals surface area contributed by atoms with Crippen LogP contribution in [0.4, 0.5) is 10.5 Å². The second-order valence-electron chi connectivity index (χ2n) is 3.76. The molecule has 2 heterocycles. The molecule has 2 amide bonds. The third-order valence-electron chi connectivity index (χ3n) is 2.43. The molecule has 2 rings (SSSR count). The molecule has 0 unspecified atom stereocenters. The average Bonchev–Trinajstić information content (AvgIpc) is 2.38. The van der Waals surface area contributed by atoms with Gasteiger partial charge in [0.2, 0.25) is 0 Å². The molecule has 1 aliphatic heterocycles. The molecular weight excluding hydrogens is 252 g/mol. The first kappa shape index (κ1) is 12.6. The van der Waals surface area contributed by atoms with Gasteiger partial charge in [-0.15, -0.1) is 0 Å². The van der Waals surface area contributed by atoms with Gasteiger partial charge in [-0.3, -0.25) is 9.78 Å². The van der Waals surface area contributed by atoms with Crippen LogP contribution in [0.2, 0.25) is 0 Å². The molecule has 0 bridgehead atoms. The van der Waals surface area contributed by atoms with Crippen LogP contribution in [0.25, 0.3) is 0 Å². The molecule has 0 fully saturated rings. The van der Waals surface area contributed by atoms with Crippen LogP contribution in [-0.4, -0.2) is 29.2 Å². The van der Waals surface area contributed by atoms with Gasteiger partial charge in [0.1, 0.15) is 17.5 Å². The van der Waals surface area contributed by atoms with E-state index in [9.17, 15) is 9.59 Å². The van der Waals surface area contributed by atoms with Gasteiger partial charge in [-0.2, -0.15) is 5.26 Å². The van der Waals surface area contributed by atoms with Crippen LogP contribution in [0.3, 0.4) is 0 Å². The number of primary amides is 1. The second kappa shape index (κ2) is 5.22. The van der Waals surface area contributed by atoms with Crippen molar-refractivity contribution in [3.63, 3.8) is 0 Å². The Morgan fingerprint density at radius 1 is 1.74 bits per heavy atom. The summed E-state index contributed by atoms with van der Waals surface area (Å²) in [7, 11) is 0. The number of amides is 2. The summed E-state index contributed by atoms with van der Waals surface area (Å²) in [5.41, 5.74) is 5.28. The molecule has 1 aromatic heterocycles. The molecular formula is C11H10N4O4. The SMILES string of the molecule is N#C[C@H](C[C@@H]1Oc2ccncc2NC1=O)OC(N)=O. The van der Waals surface area contributed by atoms with E-state index >= 15 is 0 Å². The van der Waals surface area contributed by atoms with E-state index in [1.54, 1.807) is 12.1 Å². The molecule has 0 aliphatic carbocycles. The molecule has 8 nitrogen and oxygen atoms in total. The van der Waals surface area contributed by atoms with Crippen molar-refractivity contribution < 1.29 is 19.1 Å². The minimum Gasteiger partial charge on any atom is -0.478 e. The fraction of sp³-hybridized carbons (Fsp3) is 0.273. The van der Waals surface area contributed by atoms with Gasteiger partial charge in [-0.25, -0.2) is 4.79 Å². The van der Waals surface area contributed by atoms with Crippen LogP contribution in [0.1, 0.15) is 6.42 Å². The summed E-state index contributed by atoms with van der Waals surface area (Å²) < 4.78 is 9.97. The molecule has 19 heavy (non-hydrogen) atoms. The average molecular weight is 262 g/mol. The predicted octanol–water partition coefficient (Wildman–Crippen LogP) is 0.159. The summed E-state index contributed by atoms with van der Waals surface area (Å²) in [6, 6.07) is 3.31. The monoisotopic (exact) mass is 262 g/mol. The largest absolute Gasteiger partial charge is 0.478 e. The lowest BCUT2D eigenvalue weighted by Crippen LogP contribution is -2.40. The van der Waals surface area contributed by atoms with E-state index in [4.69, 9.17) is 15.7 Å². The van der Waals surface area contributed by atoms with Gasteiger partial charge in [0.15, 0.2) is 12.2 Å². The number of hydrogen-bond acceptors (Lipinski definition) is 6. The highest BCUT2D eigenvalue weighted by Crippen LogP contribution is 2.29. The van der Waals surface area contributed by atoms with Crippen LogP contribution in [0, 0.1) is 11.3 Å². The molecule has 8 heteroatoms. The topological polar surface area (TPSA) is 127 Å². The molecule has 0 saturated heterocycles. The van der Waals surface area contributed by atoms with E-state index < -0.39 is 24.2 Å². The van der Waals surface area contributed by atoms with Crippen LogP contribution in [-0.2, 0) is 9.53 Å². The van der Waals surface area contributed by atoms with Crippen molar-refractivity contribution in [2.45, 2.75) is 18.6 Å². The first-order valence-corrected chi connectivity index (χ1v) is 5.37.